The van der Waals surface area contributed by atoms with E-state index in [9.17, 15) is 14.0 Å². The molecule has 0 aromatic heterocycles. The summed E-state index contributed by atoms with van der Waals surface area (Å²) in [7, 11) is 0. The molecular weight excluding hydrogens is 375 g/mol. The minimum atomic E-state index is -0.342. The smallest absolute Gasteiger partial charge is 0.251 e. The molecule has 1 atom stereocenters. The molecule has 1 saturated heterocycles. The Balaban J connectivity index is 1.60. The number of hydrogen-bond acceptors (Lipinski definition) is 4. The molecule has 1 unspecified atom stereocenters. The van der Waals surface area contributed by atoms with E-state index >= 15 is 0 Å². The van der Waals surface area contributed by atoms with Gasteiger partial charge in [0, 0.05) is 36.7 Å². The lowest BCUT2D eigenvalue weighted by molar-refractivity contribution is -0.117. The van der Waals surface area contributed by atoms with Gasteiger partial charge in [-0.1, -0.05) is 0 Å². The van der Waals surface area contributed by atoms with E-state index in [-0.39, 0.29) is 23.5 Å². The number of anilines is 1. The average molecular weight is 400 g/mol. The summed E-state index contributed by atoms with van der Waals surface area (Å²) >= 11 is 0. The molecule has 0 spiro atoms. The molecule has 1 aliphatic heterocycles. The Morgan fingerprint density at radius 3 is 2.48 bits per heavy atom. The number of amides is 2. The Bertz CT molecular complexity index is 870. The lowest BCUT2D eigenvalue weighted by atomic mass is 10.1. The quantitative estimate of drug-likeness (QED) is 0.737. The summed E-state index contributed by atoms with van der Waals surface area (Å²) in [5.74, 6) is 0.511. The second kappa shape index (κ2) is 9.41. The van der Waals surface area contributed by atoms with Gasteiger partial charge in [-0.15, -0.1) is 0 Å². The highest BCUT2D eigenvalue weighted by molar-refractivity contribution is 5.96. The van der Waals surface area contributed by atoms with Crippen molar-refractivity contribution in [2.75, 3.05) is 31.2 Å². The van der Waals surface area contributed by atoms with Gasteiger partial charge in [0.05, 0.1) is 13.2 Å². The van der Waals surface area contributed by atoms with Crippen LogP contribution in [-0.2, 0) is 4.79 Å². The molecule has 0 bridgehead atoms. The van der Waals surface area contributed by atoms with E-state index in [1.165, 1.54) is 12.1 Å². The monoisotopic (exact) mass is 400 g/mol. The highest BCUT2D eigenvalue weighted by Gasteiger charge is 2.30. The molecule has 0 aliphatic carbocycles. The first kappa shape index (κ1) is 20.6. The Hall–Kier alpha value is -3.09. The third kappa shape index (κ3) is 5.04. The summed E-state index contributed by atoms with van der Waals surface area (Å²) in [6.07, 6.45) is 0.338. The van der Waals surface area contributed by atoms with Crippen LogP contribution in [0.2, 0.25) is 0 Å². The Labute approximate surface area is 169 Å². The topological polar surface area (TPSA) is 67.9 Å². The van der Waals surface area contributed by atoms with Crippen molar-refractivity contribution >= 4 is 17.5 Å². The van der Waals surface area contributed by atoms with Crippen molar-refractivity contribution in [3.63, 3.8) is 0 Å². The second-order valence-electron chi connectivity index (χ2n) is 6.79. The molecule has 29 heavy (non-hydrogen) atoms. The van der Waals surface area contributed by atoms with Gasteiger partial charge in [-0.2, -0.15) is 0 Å². The minimum absolute atomic E-state index is 0.00874. The largest absolute Gasteiger partial charge is 0.490 e. The summed E-state index contributed by atoms with van der Waals surface area (Å²) in [6.45, 7) is 5.58. The van der Waals surface area contributed by atoms with Crippen molar-refractivity contribution in [1.82, 2.24) is 5.32 Å². The van der Waals surface area contributed by atoms with Crippen LogP contribution in [0.15, 0.2) is 42.5 Å². The number of benzene rings is 2. The van der Waals surface area contributed by atoms with E-state index in [0.29, 0.717) is 55.5 Å². The van der Waals surface area contributed by atoms with Gasteiger partial charge in [0.15, 0.2) is 11.5 Å². The summed E-state index contributed by atoms with van der Waals surface area (Å²) in [4.78, 5) is 26.5. The van der Waals surface area contributed by atoms with Crippen LogP contribution in [0.3, 0.4) is 0 Å². The first-order valence-electron chi connectivity index (χ1n) is 9.75. The number of nitrogens with zero attached hydrogens (tertiary/aromatic N) is 1. The molecule has 3 rings (SSSR count). The molecule has 1 aliphatic rings. The van der Waals surface area contributed by atoms with Gasteiger partial charge in [-0.25, -0.2) is 4.39 Å². The zero-order chi connectivity index (χ0) is 20.8. The van der Waals surface area contributed by atoms with Gasteiger partial charge in [0.25, 0.3) is 5.91 Å². The van der Waals surface area contributed by atoms with E-state index in [2.05, 4.69) is 5.32 Å². The highest BCUT2D eigenvalue weighted by Crippen LogP contribution is 2.29. The van der Waals surface area contributed by atoms with E-state index < -0.39 is 0 Å². The summed E-state index contributed by atoms with van der Waals surface area (Å²) in [5, 5.41) is 2.89. The van der Waals surface area contributed by atoms with Crippen molar-refractivity contribution in [2.24, 2.45) is 5.92 Å². The molecule has 154 valence electrons. The van der Waals surface area contributed by atoms with Crippen LogP contribution in [-0.4, -0.2) is 38.1 Å². The van der Waals surface area contributed by atoms with E-state index in [1.54, 1.807) is 35.2 Å². The molecule has 2 aromatic rings. The van der Waals surface area contributed by atoms with Crippen LogP contribution < -0.4 is 19.7 Å². The van der Waals surface area contributed by atoms with Gasteiger partial charge in [0.1, 0.15) is 5.82 Å². The molecule has 1 fully saturated rings. The number of halogens is 1. The van der Waals surface area contributed by atoms with Crippen LogP contribution in [0.25, 0.3) is 0 Å². The Morgan fingerprint density at radius 1 is 1.10 bits per heavy atom. The van der Waals surface area contributed by atoms with Gasteiger partial charge in [0.2, 0.25) is 5.91 Å². The van der Waals surface area contributed by atoms with Crippen molar-refractivity contribution < 1.29 is 23.5 Å². The predicted octanol–water partition coefficient (Wildman–Crippen LogP) is 3.41. The Morgan fingerprint density at radius 2 is 1.79 bits per heavy atom. The normalized spacial score (nSPS) is 16.0. The molecule has 0 radical (unpaired) electrons. The minimum Gasteiger partial charge on any atom is -0.490 e. The third-order valence-electron chi connectivity index (χ3n) is 4.70. The van der Waals surface area contributed by atoms with Crippen molar-refractivity contribution in [2.45, 2.75) is 20.3 Å². The molecule has 1 N–H and O–H groups in total. The zero-order valence-electron chi connectivity index (χ0n) is 16.6. The third-order valence-corrected chi connectivity index (χ3v) is 4.70. The average Bonchev–Trinajstić information content (AvgIpc) is 3.09. The van der Waals surface area contributed by atoms with Crippen molar-refractivity contribution in [1.29, 1.82) is 0 Å². The van der Waals surface area contributed by atoms with Crippen molar-refractivity contribution in [3.05, 3.63) is 53.8 Å². The molecule has 0 saturated carbocycles. The second-order valence-corrected chi connectivity index (χ2v) is 6.79. The van der Waals surface area contributed by atoms with Crippen LogP contribution in [0.5, 0.6) is 11.5 Å². The van der Waals surface area contributed by atoms with Crippen LogP contribution in [0, 0.1) is 11.7 Å². The number of carbonyl (C=O) groups excluding carboxylic acids is 2. The van der Waals surface area contributed by atoms with Crippen LogP contribution >= 0.6 is 0 Å². The molecule has 6 nitrogen and oxygen atoms in total. The molecular formula is C22H25FN2O4. The highest BCUT2D eigenvalue weighted by atomic mass is 19.1. The fourth-order valence-corrected chi connectivity index (χ4v) is 3.32. The maximum atomic E-state index is 13.1. The van der Waals surface area contributed by atoms with E-state index in [4.69, 9.17) is 9.47 Å². The first-order valence-corrected chi connectivity index (χ1v) is 9.75. The van der Waals surface area contributed by atoms with Gasteiger partial charge in [-0.3, -0.25) is 9.59 Å². The van der Waals surface area contributed by atoms with Gasteiger partial charge < -0.3 is 19.7 Å². The molecule has 1 heterocycles. The molecule has 2 aromatic carbocycles. The predicted molar refractivity (Wildman–Crippen MR) is 108 cm³/mol. The van der Waals surface area contributed by atoms with Crippen molar-refractivity contribution in [3.8, 4) is 11.5 Å². The van der Waals surface area contributed by atoms with E-state index in [1.807, 2.05) is 13.8 Å². The van der Waals surface area contributed by atoms with Crippen LogP contribution in [0.1, 0.15) is 30.6 Å². The summed E-state index contributed by atoms with van der Waals surface area (Å²) < 4.78 is 24.2. The zero-order valence-corrected chi connectivity index (χ0v) is 16.6. The lowest BCUT2D eigenvalue weighted by Crippen LogP contribution is -2.31. The number of rotatable bonds is 8. The Kier molecular flexibility index (Phi) is 6.69. The maximum Gasteiger partial charge on any atom is 0.251 e. The standard InChI is InChI=1S/C22H25FN2O4/c1-3-28-19-10-5-16(12-20(19)29-4-2)22(27)24-13-15-11-21(26)25(14-15)18-8-6-17(23)7-9-18/h5-10,12,15H,3-4,11,13-14H2,1-2H3,(H,24,27). The van der Waals surface area contributed by atoms with E-state index in [0.717, 1.165) is 0 Å². The maximum absolute atomic E-state index is 13.1. The lowest BCUT2D eigenvalue weighted by Gasteiger charge is -2.17. The number of carbonyl (C=O) groups is 2. The first-order chi connectivity index (χ1) is 14.0. The number of hydrogen-bond donors (Lipinski definition) is 1. The van der Waals surface area contributed by atoms with Gasteiger partial charge >= 0.3 is 0 Å². The summed E-state index contributed by atoms with van der Waals surface area (Å²) in [5.41, 5.74) is 1.13. The summed E-state index contributed by atoms with van der Waals surface area (Å²) in [6, 6.07) is 10.9. The fraction of sp³-hybridized carbons (Fsp3) is 0.364. The molecule has 2 amide bonds. The number of ether oxygens (including phenoxy) is 2. The number of nitrogens with one attached hydrogen (secondary N) is 1. The molecule has 7 heteroatoms. The SMILES string of the molecule is CCOc1ccc(C(=O)NCC2CC(=O)N(c3ccc(F)cc3)C2)cc1OCC. The van der Waals surface area contributed by atoms with Crippen LogP contribution in [0.4, 0.5) is 10.1 Å². The van der Waals surface area contributed by atoms with Gasteiger partial charge in [-0.05, 0) is 56.3 Å². The fourth-order valence-electron chi connectivity index (χ4n) is 3.32.